The van der Waals surface area contributed by atoms with Gasteiger partial charge in [-0.25, -0.2) is 9.97 Å². The number of anilines is 2. The van der Waals surface area contributed by atoms with Crippen molar-refractivity contribution in [3.05, 3.63) is 47.9 Å². The fourth-order valence-electron chi connectivity index (χ4n) is 3.81. The minimum Gasteiger partial charge on any atom is -0.497 e. The van der Waals surface area contributed by atoms with Gasteiger partial charge in [0.2, 0.25) is 0 Å². The van der Waals surface area contributed by atoms with Crippen LogP contribution in [0.2, 0.25) is 0 Å². The van der Waals surface area contributed by atoms with Crippen molar-refractivity contribution < 1.29 is 9.53 Å². The number of hydrogen-bond acceptors (Lipinski definition) is 7. The van der Waals surface area contributed by atoms with Gasteiger partial charge in [0.1, 0.15) is 28.9 Å². The first kappa shape index (κ1) is 21.6. The SMILES string of the molecule is COc1cccc(-c2cc(C(=O)NCCNc3cc(N4CCCC4)nc(C)n3)n(C)n2)c1. The van der Waals surface area contributed by atoms with Crippen LogP contribution in [0.5, 0.6) is 5.75 Å². The van der Waals surface area contributed by atoms with E-state index < -0.39 is 0 Å². The van der Waals surface area contributed by atoms with E-state index in [2.05, 4.69) is 30.6 Å². The zero-order valence-corrected chi connectivity index (χ0v) is 18.8. The van der Waals surface area contributed by atoms with Crippen molar-refractivity contribution in [1.29, 1.82) is 0 Å². The van der Waals surface area contributed by atoms with Crippen LogP contribution in [0.25, 0.3) is 11.3 Å². The molecule has 2 aromatic heterocycles. The second-order valence-electron chi connectivity index (χ2n) is 7.81. The Morgan fingerprint density at radius 2 is 1.94 bits per heavy atom. The van der Waals surface area contributed by atoms with Crippen molar-refractivity contribution in [2.45, 2.75) is 19.8 Å². The molecule has 9 nitrogen and oxygen atoms in total. The Bertz CT molecular complexity index is 1090. The van der Waals surface area contributed by atoms with E-state index in [1.807, 2.05) is 37.3 Å². The third kappa shape index (κ3) is 4.99. The van der Waals surface area contributed by atoms with Gasteiger partial charge in [-0.15, -0.1) is 0 Å². The Labute approximate surface area is 187 Å². The molecule has 1 amide bonds. The smallest absolute Gasteiger partial charge is 0.269 e. The lowest BCUT2D eigenvalue weighted by Crippen LogP contribution is -2.30. The highest BCUT2D eigenvalue weighted by atomic mass is 16.5. The van der Waals surface area contributed by atoms with Crippen LogP contribution < -0.4 is 20.3 Å². The van der Waals surface area contributed by atoms with E-state index in [1.54, 1.807) is 24.9 Å². The molecule has 32 heavy (non-hydrogen) atoms. The number of aryl methyl sites for hydroxylation is 2. The van der Waals surface area contributed by atoms with Gasteiger partial charge < -0.3 is 20.3 Å². The summed E-state index contributed by atoms with van der Waals surface area (Å²) in [6.45, 7) is 4.99. The molecule has 0 spiro atoms. The largest absolute Gasteiger partial charge is 0.497 e. The van der Waals surface area contributed by atoms with Gasteiger partial charge in [-0.1, -0.05) is 12.1 Å². The molecule has 1 aliphatic heterocycles. The van der Waals surface area contributed by atoms with Crippen molar-refractivity contribution in [3.63, 3.8) is 0 Å². The van der Waals surface area contributed by atoms with Crippen LogP contribution in [0.1, 0.15) is 29.2 Å². The molecule has 0 atom stereocenters. The van der Waals surface area contributed by atoms with Crippen LogP contribution in [0, 0.1) is 6.92 Å². The van der Waals surface area contributed by atoms with Crippen molar-refractivity contribution >= 4 is 17.5 Å². The zero-order valence-electron chi connectivity index (χ0n) is 18.8. The minimum atomic E-state index is -0.174. The number of rotatable bonds is 8. The van der Waals surface area contributed by atoms with Crippen LogP contribution in [0.15, 0.2) is 36.4 Å². The van der Waals surface area contributed by atoms with E-state index in [0.29, 0.717) is 18.8 Å². The molecule has 1 aliphatic rings. The number of aromatic nitrogens is 4. The van der Waals surface area contributed by atoms with Gasteiger partial charge in [-0.2, -0.15) is 5.10 Å². The maximum absolute atomic E-state index is 12.7. The van der Waals surface area contributed by atoms with E-state index in [-0.39, 0.29) is 5.91 Å². The van der Waals surface area contributed by atoms with Crippen LogP contribution in [-0.4, -0.2) is 58.9 Å². The second kappa shape index (κ2) is 9.67. The molecule has 1 aromatic carbocycles. The third-order valence-electron chi connectivity index (χ3n) is 5.45. The zero-order chi connectivity index (χ0) is 22.5. The van der Waals surface area contributed by atoms with Crippen molar-refractivity contribution in [1.82, 2.24) is 25.1 Å². The average molecular weight is 436 g/mol. The molecule has 9 heteroatoms. The molecule has 0 bridgehead atoms. The lowest BCUT2D eigenvalue weighted by Gasteiger charge is -2.17. The van der Waals surface area contributed by atoms with Gasteiger partial charge in [0.05, 0.1) is 12.8 Å². The van der Waals surface area contributed by atoms with Crippen molar-refractivity contribution in [3.8, 4) is 17.0 Å². The monoisotopic (exact) mass is 435 g/mol. The lowest BCUT2D eigenvalue weighted by molar-refractivity contribution is 0.0946. The molecular formula is C23H29N7O2. The van der Waals surface area contributed by atoms with Gasteiger partial charge in [-0.3, -0.25) is 9.48 Å². The summed E-state index contributed by atoms with van der Waals surface area (Å²) in [4.78, 5) is 24.0. The molecular weight excluding hydrogens is 406 g/mol. The number of amides is 1. The standard InChI is InChI=1S/C23H29N7O2/c1-16-26-21(15-22(27-16)30-11-4-5-12-30)24-9-10-25-23(31)20-14-19(28-29(20)2)17-7-6-8-18(13-17)32-3/h6-8,13-15H,4-5,9-12H2,1-3H3,(H,25,31)(H,24,26,27). The van der Waals surface area contributed by atoms with Crippen LogP contribution in [-0.2, 0) is 7.05 Å². The number of carbonyl (C=O) groups excluding carboxylic acids is 1. The molecule has 0 radical (unpaired) electrons. The average Bonchev–Trinajstić information content (AvgIpc) is 3.46. The van der Waals surface area contributed by atoms with E-state index in [1.165, 1.54) is 12.8 Å². The topological polar surface area (TPSA) is 97.2 Å². The van der Waals surface area contributed by atoms with Gasteiger partial charge in [0, 0.05) is 44.9 Å². The lowest BCUT2D eigenvalue weighted by atomic mass is 10.1. The summed E-state index contributed by atoms with van der Waals surface area (Å²) in [5.41, 5.74) is 2.12. The third-order valence-corrected chi connectivity index (χ3v) is 5.45. The number of benzene rings is 1. The molecule has 0 saturated carbocycles. The first-order valence-electron chi connectivity index (χ1n) is 10.8. The Morgan fingerprint density at radius 1 is 1.12 bits per heavy atom. The molecule has 2 N–H and O–H groups in total. The predicted octanol–water partition coefficient (Wildman–Crippen LogP) is 2.64. The van der Waals surface area contributed by atoms with Crippen molar-refractivity contribution in [2.24, 2.45) is 7.05 Å². The first-order valence-corrected chi connectivity index (χ1v) is 10.8. The number of carbonyl (C=O) groups is 1. The summed E-state index contributed by atoms with van der Waals surface area (Å²) < 4.78 is 6.86. The molecule has 4 rings (SSSR count). The molecule has 1 fully saturated rings. The highest BCUT2D eigenvalue weighted by Crippen LogP contribution is 2.23. The Morgan fingerprint density at radius 3 is 2.72 bits per heavy atom. The second-order valence-corrected chi connectivity index (χ2v) is 7.81. The van der Waals surface area contributed by atoms with Crippen LogP contribution in [0.3, 0.4) is 0 Å². The molecule has 0 unspecified atom stereocenters. The predicted molar refractivity (Wildman–Crippen MR) is 124 cm³/mol. The summed E-state index contributed by atoms with van der Waals surface area (Å²) >= 11 is 0. The molecule has 3 heterocycles. The summed E-state index contributed by atoms with van der Waals surface area (Å²) in [7, 11) is 3.39. The number of methoxy groups -OCH3 is 1. The van der Waals surface area contributed by atoms with Crippen LogP contribution in [0.4, 0.5) is 11.6 Å². The fourth-order valence-corrected chi connectivity index (χ4v) is 3.81. The minimum absolute atomic E-state index is 0.174. The van der Waals surface area contributed by atoms with Crippen molar-refractivity contribution in [2.75, 3.05) is 43.5 Å². The normalized spacial score (nSPS) is 13.3. The van der Waals surface area contributed by atoms with Gasteiger partial charge in [0.25, 0.3) is 5.91 Å². The summed E-state index contributed by atoms with van der Waals surface area (Å²) in [6.07, 6.45) is 2.40. The molecule has 0 aliphatic carbocycles. The number of ether oxygens (including phenoxy) is 1. The fraction of sp³-hybridized carbons (Fsp3) is 0.391. The highest BCUT2D eigenvalue weighted by molar-refractivity contribution is 5.93. The Balaban J connectivity index is 1.33. The van der Waals surface area contributed by atoms with E-state index in [4.69, 9.17) is 4.74 Å². The van der Waals surface area contributed by atoms with Gasteiger partial charge >= 0.3 is 0 Å². The van der Waals surface area contributed by atoms with Gasteiger partial charge in [0.15, 0.2) is 0 Å². The summed E-state index contributed by atoms with van der Waals surface area (Å²) in [5, 5.41) is 10.7. The van der Waals surface area contributed by atoms with E-state index in [9.17, 15) is 4.79 Å². The Kier molecular flexibility index (Phi) is 6.53. The quantitative estimate of drug-likeness (QED) is 0.525. The molecule has 1 saturated heterocycles. The van der Waals surface area contributed by atoms with Crippen LogP contribution >= 0.6 is 0 Å². The molecule has 168 valence electrons. The number of nitrogens with zero attached hydrogens (tertiary/aromatic N) is 5. The van der Waals surface area contributed by atoms with E-state index >= 15 is 0 Å². The first-order chi connectivity index (χ1) is 15.5. The molecule has 3 aromatic rings. The Hall–Kier alpha value is -3.62. The maximum Gasteiger partial charge on any atom is 0.269 e. The maximum atomic E-state index is 12.7. The highest BCUT2D eigenvalue weighted by Gasteiger charge is 2.16. The summed E-state index contributed by atoms with van der Waals surface area (Å²) in [6, 6.07) is 11.4. The number of hydrogen-bond donors (Lipinski definition) is 2. The number of nitrogens with one attached hydrogen (secondary N) is 2. The van der Waals surface area contributed by atoms with E-state index in [0.717, 1.165) is 47.6 Å². The van der Waals surface area contributed by atoms with Gasteiger partial charge in [-0.05, 0) is 38.0 Å². The summed E-state index contributed by atoms with van der Waals surface area (Å²) in [5.74, 6) is 3.04.